The molecule has 2 nitrogen and oxygen atoms in total. The molecule has 0 unspecified atom stereocenters. The maximum atomic E-state index is 5.66. The number of benzene rings is 2. The van der Waals surface area contributed by atoms with Gasteiger partial charge in [0.25, 0.3) is 0 Å². The number of hydrogen-bond acceptors (Lipinski definition) is 2. The maximum Gasteiger partial charge on any atom is 0.0780 e. The zero-order valence-corrected chi connectivity index (χ0v) is 10.7. The SMILES string of the molecule is NCc1cccc(Sc2cc3ccccc3[nH]2)c1. The van der Waals surface area contributed by atoms with Gasteiger partial charge in [0.15, 0.2) is 0 Å². The molecule has 0 aliphatic heterocycles. The average molecular weight is 254 g/mol. The molecular weight excluding hydrogens is 240 g/mol. The second-order valence-electron chi connectivity index (χ2n) is 4.17. The van der Waals surface area contributed by atoms with E-state index in [0.29, 0.717) is 6.54 Å². The molecule has 0 amide bonds. The van der Waals surface area contributed by atoms with E-state index in [0.717, 1.165) is 10.6 Å². The van der Waals surface area contributed by atoms with Gasteiger partial charge in [-0.05, 0) is 29.8 Å². The Labute approximate surface area is 110 Å². The van der Waals surface area contributed by atoms with Crippen LogP contribution in [0.2, 0.25) is 0 Å². The third-order valence-electron chi connectivity index (χ3n) is 2.87. The smallest absolute Gasteiger partial charge is 0.0780 e. The molecule has 90 valence electrons. The number of aromatic nitrogens is 1. The molecule has 0 fully saturated rings. The van der Waals surface area contributed by atoms with Crippen molar-refractivity contribution in [1.29, 1.82) is 0 Å². The van der Waals surface area contributed by atoms with Crippen LogP contribution in [0.1, 0.15) is 5.56 Å². The largest absolute Gasteiger partial charge is 0.349 e. The van der Waals surface area contributed by atoms with Gasteiger partial charge in [0.2, 0.25) is 0 Å². The molecule has 18 heavy (non-hydrogen) atoms. The lowest BCUT2D eigenvalue weighted by Gasteiger charge is -2.01. The van der Waals surface area contributed by atoms with Gasteiger partial charge in [0.05, 0.1) is 5.03 Å². The van der Waals surface area contributed by atoms with Crippen LogP contribution in [0.15, 0.2) is 64.5 Å². The maximum absolute atomic E-state index is 5.66. The number of hydrogen-bond donors (Lipinski definition) is 2. The summed E-state index contributed by atoms with van der Waals surface area (Å²) in [6, 6.07) is 18.8. The monoisotopic (exact) mass is 254 g/mol. The second kappa shape index (κ2) is 4.88. The van der Waals surface area contributed by atoms with Crippen LogP contribution in [-0.4, -0.2) is 4.98 Å². The summed E-state index contributed by atoms with van der Waals surface area (Å²) in [5.74, 6) is 0. The molecule has 0 spiro atoms. The van der Waals surface area contributed by atoms with E-state index < -0.39 is 0 Å². The van der Waals surface area contributed by atoms with Gasteiger partial charge in [0.1, 0.15) is 0 Å². The van der Waals surface area contributed by atoms with E-state index in [1.165, 1.54) is 15.8 Å². The van der Waals surface area contributed by atoms with Crippen LogP contribution in [0, 0.1) is 0 Å². The highest BCUT2D eigenvalue weighted by molar-refractivity contribution is 7.99. The van der Waals surface area contributed by atoms with Crippen LogP contribution in [0.3, 0.4) is 0 Å². The van der Waals surface area contributed by atoms with Crippen molar-refractivity contribution < 1.29 is 0 Å². The molecule has 0 bridgehead atoms. The Hall–Kier alpha value is -1.71. The van der Waals surface area contributed by atoms with Crippen molar-refractivity contribution in [3.05, 3.63) is 60.2 Å². The fourth-order valence-electron chi connectivity index (χ4n) is 1.96. The number of nitrogens with two attached hydrogens (primary N) is 1. The fraction of sp³-hybridized carbons (Fsp3) is 0.0667. The van der Waals surface area contributed by atoms with Gasteiger partial charge >= 0.3 is 0 Å². The van der Waals surface area contributed by atoms with E-state index in [2.05, 4.69) is 47.4 Å². The minimum atomic E-state index is 0.584. The van der Waals surface area contributed by atoms with Crippen molar-refractivity contribution in [2.24, 2.45) is 5.73 Å². The van der Waals surface area contributed by atoms with Crippen LogP contribution in [-0.2, 0) is 6.54 Å². The van der Waals surface area contributed by atoms with Gasteiger partial charge < -0.3 is 10.7 Å². The number of aromatic amines is 1. The van der Waals surface area contributed by atoms with E-state index in [4.69, 9.17) is 5.73 Å². The molecule has 3 heteroatoms. The van der Waals surface area contributed by atoms with E-state index in [9.17, 15) is 0 Å². The number of H-pyrrole nitrogens is 1. The summed E-state index contributed by atoms with van der Waals surface area (Å²) >= 11 is 1.73. The first-order valence-electron chi connectivity index (χ1n) is 5.90. The molecule has 3 aromatic rings. The number of fused-ring (bicyclic) bond motifs is 1. The molecular formula is C15H14N2S. The Bertz CT molecular complexity index is 640. The van der Waals surface area contributed by atoms with Crippen molar-refractivity contribution in [1.82, 2.24) is 4.98 Å². The molecule has 0 aliphatic carbocycles. The Kier molecular flexibility index (Phi) is 3.09. The van der Waals surface area contributed by atoms with E-state index in [-0.39, 0.29) is 0 Å². The van der Waals surface area contributed by atoms with Crippen LogP contribution < -0.4 is 5.73 Å². The molecule has 1 heterocycles. The first-order valence-corrected chi connectivity index (χ1v) is 6.71. The summed E-state index contributed by atoms with van der Waals surface area (Å²) < 4.78 is 0. The first kappa shape index (κ1) is 11.4. The van der Waals surface area contributed by atoms with Crippen LogP contribution in [0.25, 0.3) is 10.9 Å². The van der Waals surface area contributed by atoms with Gasteiger partial charge in [-0.3, -0.25) is 0 Å². The molecule has 0 saturated heterocycles. The third-order valence-corrected chi connectivity index (χ3v) is 3.80. The lowest BCUT2D eigenvalue weighted by molar-refractivity contribution is 1.06. The molecule has 0 saturated carbocycles. The van der Waals surface area contributed by atoms with Gasteiger partial charge in [-0.2, -0.15) is 0 Å². The second-order valence-corrected chi connectivity index (χ2v) is 5.29. The summed E-state index contributed by atoms with van der Waals surface area (Å²) in [6.45, 7) is 0.584. The van der Waals surface area contributed by atoms with Crippen molar-refractivity contribution >= 4 is 22.7 Å². The minimum absolute atomic E-state index is 0.584. The fourth-order valence-corrected chi connectivity index (χ4v) is 2.92. The first-order chi connectivity index (χ1) is 8.85. The van der Waals surface area contributed by atoms with Gasteiger partial charge in [0, 0.05) is 22.3 Å². The van der Waals surface area contributed by atoms with Gasteiger partial charge in [-0.25, -0.2) is 0 Å². The summed E-state index contributed by atoms with van der Waals surface area (Å²) in [6.07, 6.45) is 0. The highest BCUT2D eigenvalue weighted by Gasteiger charge is 2.02. The average Bonchev–Trinajstić information content (AvgIpc) is 2.81. The standard InChI is InChI=1S/C15H14N2S/c16-10-11-4-3-6-13(8-11)18-15-9-12-5-1-2-7-14(12)17-15/h1-9,17H,10,16H2. The molecule has 3 rings (SSSR count). The molecule has 2 aromatic carbocycles. The highest BCUT2D eigenvalue weighted by Crippen LogP contribution is 2.30. The van der Waals surface area contributed by atoms with Crippen LogP contribution in [0.5, 0.6) is 0 Å². The van der Waals surface area contributed by atoms with E-state index in [1.54, 1.807) is 11.8 Å². The van der Waals surface area contributed by atoms with Crippen LogP contribution >= 0.6 is 11.8 Å². The number of nitrogens with one attached hydrogen (secondary N) is 1. The topological polar surface area (TPSA) is 41.8 Å². The molecule has 3 N–H and O–H groups in total. The van der Waals surface area contributed by atoms with Crippen molar-refractivity contribution in [3.63, 3.8) is 0 Å². The zero-order chi connectivity index (χ0) is 12.4. The number of para-hydroxylation sites is 1. The van der Waals surface area contributed by atoms with E-state index in [1.807, 2.05) is 12.1 Å². The lowest BCUT2D eigenvalue weighted by Crippen LogP contribution is -1.95. The van der Waals surface area contributed by atoms with Crippen molar-refractivity contribution in [2.75, 3.05) is 0 Å². The quantitative estimate of drug-likeness (QED) is 0.747. The Morgan fingerprint density at radius 3 is 2.72 bits per heavy atom. The summed E-state index contributed by atoms with van der Waals surface area (Å²) in [5, 5.41) is 2.40. The summed E-state index contributed by atoms with van der Waals surface area (Å²) in [4.78, 5) is 4.63. The zero-order valence-electron chi connectivity index (χ0n) is 9.89. The third kappa shape index (κ3) is 2.28. The van der Waals surface area contributed by atoms with E-state index >= 15 is 0 Å². The number of rotatable bonds is 3. The van der Waals surface area contributed by atoms with Gasteiger partial charge in [-0.1, -0.05) is 42.1 Å². The minimum Gasteiger partial charge on any atom is -0.349 e. The predicted molar refractivity (Wildman–Crippen MR) is 76.8 cm³/mol. The molecule has 0 atom stereocenters. The predicted octanol–water partition coefficient (Wildman–Crippen LogP) is 3.78. The van der Waals surface area contributed by atoms with Crippen molar-refractivity contribution in [2.45, 2.75) is 16.5 Å². The summed E-state index contributed by atoms with van der Waals surface area (Å²) in [7, 11) is 0. The van der Waals surface area contributed by atoms with Gasteiger partial charge in [-0.15, -0.1) is 0 Å². The Morgan fingerprint density at radius 1 is 1.00 bits per heavy atom. The Balaban J connectivity index is 1.91. The molecule has 0 aliphatic rings. The summed E-state index contributed by atoms with van der Waals surface area (Å²) in [5.41, 5.74) is 8.00. The molecule has 0 radical (unpaired) electrons. The Morgan fingerprint density at radius 2 is 1.89 bits per heavy atom. The lowest BCUT2D eigenvalue weighted by atomic mass is 10.2. The van der Waals surface area contributed by atoms with Crippen molar-refractivity contribution in [3.8, 4) is 0 Å². The highest BCUT2D eigenvalue weighted by atomic mass is 32.2. The molecule has 1 aromatic heterocycles. The van der Waals surface area contributed by atoms with Crippen LogP contribution in [0.4, 0.5) is 0 Å². The normalized spacial score (nSPS) is 10.9.